The zero-order valence-electron chi connectivity index (χ0n) is 12.1. The van der Waals surface area contributed by atoms with Gasteiger partial charge in [0.1, 0.15) is 0 Å². The second-order valence-electron chi connectivity index (χ2n) is 6.64. The molecule has 0 amide bonds. The lowest BCUT2D eigenvalue weighted by atomic mass is 9.74. The van der Waals surface area contributed by atoms with Gasteiger partial charge in [-0.1, -0.05) is 32.1 Å². The average Bonchev–Trinajstić information content (AvgIpc) is 2.54. The third kappa shape index (κ3) is 2.45. The molecule has 0 N–H and O–H groups in total. The molecule has 1 aliphatic heterocycles. The molecule has 2 aliphatic carbocycles. The molecule has 1 heterocycles. The fourth-order valence-corrected chi connectivity index (χ4v) is 4.01. The number of fused-ring (bicyclic) bond motifs is 1. The van der Waals surface area contributed by atoms with Crippen molar-refractivity contribution in [3.63, 3.8) is 0 Å². The van der Waals surface area contributed by atoms with E-state index < -0.39 is 5.41 Å². The van der Waals surface area contributed by atoms with Crippen LogP contribution in [-0.4, -0.2) is 25.2 Å². The van der Waals surface area contributed by atoms with Gasteiger partial charge in [0, 0.05) is 0 Å². The first-order valence-electron chi connectivity index (χ1n) is 8.07. The Labute approximate surface area is 120 Å². The highest BCUT2D eigenvalue weighted by molar-refractivity contribution is 6.00. The number of rotatable bonds is 0. The molecule has 4 nitrogen and oxygen atoms in total. The zero-order chi connectivity index (χ0) is 14.0. The molecule has 0 aromatic heterocycles. The third-order valence-corrected chi connectivity index (χ3v) is 5.41. The van der Waals surface area contributed by atoms with E-state index in [4.69, 9.17) is 9.47 Å². The number of carbonyl (C=O) groups excluding carboxylic acids is 2. The molecule has 20 heavy (non-hydrogen) atoms. The summed E-state index contributed by atoms with van der Waals surface area (Å²) in [6, 6.07) is 0. The van der Waals surface area contributed by atoms with Gasteiger partial charge in [0.15, 0.2) is 5.41 Å². The van der Waals surface area contributed by atoms with Crippen molar-refractivity contribution in [1.29, 1.82) is 0 Å². The van der Waals surface area contributed by atoms with Crippen LogP contribution in [0, 0.1) is 17.3 Å². The van der Waals surface area contributed by atoms with Gasteiger partial charge in [0.25, 0.3) is 0 Å². The number of hydrogen-bond acceptors (Lipinski definition) is 4. The molecule has 2 saturated carbocycles. The van der Waals surface area contributed by atoms with Gasteiger partial charge in [-0.15, -0.1) is 0 Å². The van der Waals surface area contributed by atoms with Gasteiger partial charge in [0.2, 0.25) is 0 Å². The van der Waals surface area contributed by atoms with Crippen LogP contribution in [0.2, 0.25) is 0 Å². The van der Waals surface area contributed by atoms with E-state index in [1.54, 1.807) is 0 Å². The van der Waals surface area contributed by atoms with E-state index in [0.29, 0.717) is 37.9 Å². The Balaban J connectivity index is 1.79. The average molecular weight is 280 g/mol. The van der Waals surface area contributed by atoms with Crippen molar-refractivity contribution in [2.24, 2.45) is 17.3 Å². The minimum absolute atomic E-state index is 0.326. The molecule has 1 saturated heterocycles. The highest BCUT2D eigenvalue weighted by atomic mass is 16.6. The molecule has 112 valence electrons. The van der Waals surface area contributed by atoms with Crippen LogP contribution in [0.4, 0.5) is 0 Å². The van der Waals surface area contributed by atoms with Crippen LogP contribution in [-0.2, 0) is 19.1 Å². The summed E-state index contributed by atoms with van der Waals surface area (Å²) in [6.07, 6.45) is 8.67. The fraction of sp³-hybridized carbons (Fsp3) is 0.875. The summed E-state index contributed by atoms with van der Waals surface area (Å²) in [5, 5.41) is 0. The van der Waals surface area contributed by atoms with Gasteiger partial charge in [-0.05, 0) is 37.5 Å². The number of esters is 2. The van der Waals surface area contributed by atoms with Crippen LogP contribution in [0.1, 0.15) is 57.8 Å². The van der Waals surface area contributed by atoms with Gasteiger partial charge < -0.3 is 9.47 Å². The van der Waals surface area contributed by atoms with Crippen LogP contribution in [0.15, 0.2) is 0 Å². The molecule has 0 aromatic rings. The molecule has 3 fully saturated rings. The third-order valence-electron chi connectivity index (χ3n) is 5.41. The maximum Gasteiger partial charge on any atom is 0.323 e. The quantitative estimate of drug-likeness (QED) is 0.506. The van der Waals surface area contributed by atoms with Gasteiger partial charge >= 0.3 is 11.9 Å². The number of hydrogen-bond donors (Lipinski definition) is 0. The van der Waals surface area contributed by atoms with Gasteiger partial charge in [0.05, 0.1) is 13.2 Å². The number of carbonyl (C=O) groups is 2. The second kappa shape index (κ2) is 5.74. The highest BCUT2D eigenvalue weighted by Crippen LogP contribution is 2.41. The molecule has 1 spiro atoms. The van der Waals surface area contributed by atoms with Crippen molar-refractivity contribution in [1.82, 2.24) is 0 Å². The summed E-state index contributed by atoms with van der Waals surface area (Å²) in [5.41, 5.74) is -0.994. The van der Waals surface area contributed by atoms with Crippen molar-refractivity contribution in [2.45, 2.75) is 57.8 Å². The smallest absolute Gasteiger partial charge is 0.323 e. The molecule has 0 bridgehead atoms. The molecule has 4 heteroatoms. The molecular formula is C16H24O4. The lowest BCUT2D eigenvalue weighted by Gasteiger charge is -2.31. The molecule has 0 aromatic carbocycles. The monoisotopic (exact) mass is 280 g/mol. The Bertz CT molecular complexity index is 354. The van der Waals surface area contributed by atoms with Crippen molar-refractivity contribution in [3.8, 4) is 0 Å². The van der Waals surface area contributed by atoms with Crippen LogP contribution in [0.3, 0.4) is 0 Å². The first-order valence-corrected chi connectivity index (χ1v) is 8.07. The van der Waals surface area contributed by atoms with Crippen LogP contribution < -0.4 is 0 Å². The zero-order valence-corrected chi connectivity index (χ0v) is 12.1. The molecule has 2 unspecified atom stereocenters. The van der Waals surface area contributed by atoms with Crippen LogP contribution in [0.5, 0.6) is 0 Å². The second-order valence-corrected chi connectivity index (χ2v) is 6.64. The van der Waals surface area contributed by atoms with Gasteiger partial charge in [-0.3, -0.25) is 9.59 Å². The summed E-state index contributed by atoms with van der Waals surface area (Å²) >= 11 is 0. The Morgan fingerprint density at radius 1 is 0.750 bits per heavy atom. The summed E-state index contributed by atoms with van der Waals surface area (Å²) in [7, 11) is 0. The maximum atomic E-state index is 12.5. The van der Waals surface area contributed by atoms with E-state index >= 15 is 0 Å². The minimum Gasteiger partial charge on any atom is -0.465 e. The van der Waals surface area contributed by atoms with Gasteiger partial charge in [-0.25, -0.2) is 0 Å². The lowest BCUT2D eigenvalue weighted by Crippen LogP contribution is -2.43. The molecular weight excluding hydrogens is 256 g/mol. The van der Waals surface area contributed by atoms with Crippen molar-refractivity contribution >= 4 is 11.9 Å². The van der Waals surface area contributed by atoms with E-state index in [-0.39, 0.29) is 11.9 Å². The Morgan fingerprint density at radius 2 is 1.25 bits per heavy atom. The summed E-state index contributed by atoms with van der Waals surface area (Å²) < 4.78 is 11.1. The van der Waals surface area contributed by atoms with Gasteiger partial charge in [-0.2, -0.15) is 0 Å². The Hall–Kier alpha value is -1.06. The minimum atomic E-state index is -0.994. The van der Waals surface area contributed by atoms with E-state index in [1.807, 2.05) is 0 Å². The predicted molar refractivity (Wildman–Crippen MR) is 72.9 cm³/mol. The van der Waals surface area contributed by atoms with Crippen molar-refractivity contribution < 1.29 is 19.1 Å². The van der Waals surface area contributed by atoms with E-state index in [0.717, 1.165) is 32.1 Å². The number of cyclic esters (lactones) is 2. The summed E-state index contributed by atoms with van der Waals surface area (Å²) in [5.74, 6) is 0.0975. The largest absolute Gasteiger partial charge is 0.465 e. The Morgan fingerprint density at radius 3 is 1.75 bits per heavy atom. The topological polar surface area (TPSA) is 52.6 Å². The normalized spacial score (nSPS) is 34.2. The molecule has 3 rings (SSSR count). The highest BCUT2D eigenvalue weighted by Gasteiger charge is 2.50. The Kier molecular flexibility index (Phi) is 3.99. The standard InChI is InChI=1S/C16H24O4/c17-14-16(8-4-1-5-9-16)15(18)20-11-13-7-3-2-6-12(13)10-19-14/h12-13H,1-11H2. The summed E-state index contributed by atoms with van der Waals surface area (Å²) in [4.78, 5) is 24.9. The lowest BCUT2D eigenvalue weighted by molar-refractivity contribution is -0.174. The van der Waals surface area contributed by atoms with Crippen LogP contribution in [0.25, 0.3) is 0 Å². The van der Waals surface area contributed by atoms with Crippen LogP contribution >= 0.6 is 0 Å². The fourth-order valence-electron chi connectivity index (χ4n) is 4.01. The molecule has 3 aliphatic rings. The maximum absolute atomic E-state index is 12.5. The van der Waals surface area contributed by atoms with Crippen molar-refractivity contribution in [3.05, 3.63) is 0 Å². The molecule has 0 radical (unpaired) electrons. The summed E-state index contributed by atoms with van der Waals surface area (Å²) in [6.45, 7) is 0.948. The van der Waals surface area contributed by atoms with Crippen molar-refractivity contribution in [2.75, 3.05) is 13.2 Å². The molecule has 2 atom stereocenters. The van der Waals surface area contributed by atoms with E-state index in [1.165, 1.54) is 12.8 Å². The predicted octanol–water partition coefficient (Wildman–Crippen LogP) is 2.84. The SMILES string of the molecule is O=C1OCC2CCCCC2COC(=O)C12CCCCC2. The first kappa shape index (κ1) is 13.9. The first-order chi connectivity index (χ1) is 9.72. The number of ether oxygens (including phenoxy) is 2. The van der Waals surface area contributed by atoms with E-state index in [9.17, 15) is 9.59 Å². The van der Waals surface area contributed by atoms with E-state index in [2.05, 4.69) is 0 Å².